The molecule has 0 radical (unpaired) electrons. The van der Waals surface area contributed by atoms with Crippen molar-refractivity contribution in [3.05, 3.63) is 120 Å². The average molecular weight is 551 g/mol. The number of benzene rings is 4. The standard InChI is InChI=1S/C36H38O5/c1-2-3-4-5-6-10-26-39-33-21-17-30(18-22-33)29-13-15-32(16-14-29)36(38)41-34-23-19-31(20-24-34)35(37)40-27-25-28-11-8-7-9-12-28/h7-9,11-24H,2-6,10,25-27H2,1H3. The van der Waals surface area contributed by atoms with Crippen LogP contribution in [0.3, 0.4) is 0 Å². The van der Waals surface area contributed by atoms with E-state index in [-0.39, 0.29) is 0 Å². The van der Waals surface area contributed by atoms with E-state index in [9.17, 15) is 9.59 Å². The van der Waals surface area contributed by atoms with Crippen molar-refractivity contribution in [1.82, 2.24) is 0 Å². The summed E-state index contributed by atoms with van der Waals surface area (Å²) in [5.41, 5.74) is 4.00. The molecule has 0 saturated carbocycles. The van der Waals surface area contributed by atoms with Crippen LogP contribution in [0, 0.1) is 0 Å². The van der Waals surface area contributed by atoms with Crippen molar-refractivity contribution < 1.29 is 23.8 Å². The van der Waals surface area contributed by atoms with E-state index in [0.29, 0.717) is 29.9 Å². The molecular weight excluding hydrogens is 512 g/mol. The highest BCUT2D eigenvalue weighted by Gasteiger charge is 2.12. The van der Waals surface area contributed by atoms with Crippen molar-refractivity contribution in [3.8, 4) is 22.6 Å². The Morgan fingerprint density at radius 1 is 0.561 bits per heavy atom. The number of carbonyl (C=O) groups excluding carboxylic acids is 2. The number of esters is 2. The highest BCUT2D eigenvalue weighted by Crippen LogP contribution is 2.24. The fourth-order valence-electron chi connectivity index (χ4n) is 4.43. The topological polar surface area (TPSA) is 61.8 Å². The number of hydrogen-bond donors (Lipinski definition) is 0. The van der Waals surface area contributed by atoms with E-state index < -0.39 is 11.9 Å². The molecule has 4 aromatic carbocycles. The third kappa shape index (κ3) is 9.64. The maximum Gasteiger partial charge on any atom is 0.343 e. The van der Waals surface area contributed by atoms with Gasteiger partial charge in [-0.05, 0) is 71.6 Å². The van der Waals surface area contributed by atoms with Gasteiger partial charge in [-0.15, -0.1) is 0 Å². The van der Waals surface area contributed by atoms with Crippen LogP contribution >= 0.6 is 0 Å². The van der Waals surface area contributed by atoms with Gasteiger partial charge in [-0.1, -0.05) is 93.6 Å². The summed E-state index contributed by atoms with van der Waals surface area (Å²) in [5.74, 6) is 0.352. The summed E-state index contributed by atoms with van der Waals surface area (Å²) in [6.07, 6.45) is 8.11. The minimum atomic E-state index is -0.465. The molecule has 0 amide bonds. The van der Waals surface area contributed by atoms with E-state index in [2.05, 4.69) is 6.92 Å². The molecule has 0 aliphatic rings. The molecule has 0 spiro atoms. The first-order chi connectivity index (χ1) is 20.1. The molecule has 0 aliphatic heterocycles. The molecule has 0 aromatic heterocycles. The molecule has 0 N–H and O–H groups in total. The largest absolute Gasteiger partial charge is 0.494 e. The predicted octanol–water partition coefficient (Wildman–Crippen LogP) is 8.71. The van der Waals surface area contributed by atoms with E-state index in [1.54, 1.807) is 36.4 Å². The van der Waals surface area contributed by atoms with Gasteiger partial charge in [0.1, 0.15) is 11.5 Å². The minimum Gasteiger partial charge on any atom is -0.494 e. The van der Waals surface area contributed by atoms with Crippen molar-refractivity contribution in [2.75, 3.05) is 13.2 Å². The summed E-state index contributed by atoms with van der Waals surface area (Å²) < 4.78 is 16.7. The lowest BCUT2D eigenvalue weighted by Crippen LogP contribution is -2.10. The van der Waals surface area contributed by atoms with Crippen LogP contribution in [0.25, 0.3) is 11.1 Å². The smallest absolute Gasteiger partial charge is 0.343 e. The molecular formula is C36H38O5. The van der Waals surface area contributed by atoms with E-state index in [0.717, 1.165) is 35.5 Å². The van der Waals surface area contributed by atoms with E-state index >= 15 is 0 Å². The summed E-state index contributed by atoms with van der Waals surface area (Å²) in [7, 11) is 0. The molecule has 0 unspecified atom stereocenters. The van der Waals surface area contributed by atoms with Crippen LogP contribution in [0.5, 0.6) is 11.5 Å². The van der Waals surface area contributed by atoms with Gasteiger partial charge >= 0.3 is 11.9 Å². The molecule has 4 rings (SSSR count). The van der Waals surface area contributed by atoms with Gasteiger partial charge in [-0.25, -0.2) is 9.59 Å². The van der Waals surface area contributed by atoms with Crippen LogP contribution in [0.2, 0.25) is 0 Å². The first kappa shape index (κ1) is 29.6. The van der Waals surface area contributed by atoms with E-state index in [1.807, 2.05) is 66.7 Å². The highest BCUT2D eigenvalue weighted by molar-refractivity contribution is 5.92. The van der Waals surface area contributed by atoms with Crippen molar-refractivity contribution in [2.45, 2.75) is 51.9 Å². The second-order valence-corrected chi connectivity index (χ2v) is 10.0. The van der Waals surface area contributed by atoms with Gasteiger partial charge in [0.25, 0.3) is 0 Å². The van der Waals surface area contributed by atoms with Gasteiger partial charge < -0.3 is 14.2 Å². The van der Waals surface area contributed by atoms with Gasteiger partial charge in [0.2, 0.25) is 0 Å². The van der Waals surface area contributed by atoms with Crippen molar-refractivity contribution in [3.63, 3.8) is 0 Å². The van der Waals surface area contributed by atoms with Crippen LogP contribution in [-0.2, 0) is 11.2 Å². The second-order valence-electron chi connectivity index (χ2n) is 10.0. The summed E-state index contributed by atoms with van der Waals surface area (Å²) in [5, 5.41) is 0. The monoisotopic (exact) mass is 550 g/mol. The molecule has 0 bridgehead atoms. The maximum absolute atomic E-state index is 12.7. The molecule has 5 heteroatoms. The number of hydrogen-bond acceptors (Lipinski definition) is 5. The van der Waals surface area contributed by atoms with Crippen LogP contribution in [-0.4, -0.2) is 25.2 Å². The Kier molecular flexibility index (Phi) is 11.6. The fraction of sp³-hybridized carbons (Fsp3) is 0.278. The van der Waals surface area contributed by atoms with Crippen LogP contribution in [0.4, 0.5) is 0 Å². The zero-order valence-corrected chi connectivity index (χ0v) is 23.7. The lowest BCUT2D eigenvalue weighted by molar-refractivity contribution is 0.0509. The van der Waals surface area contributed by atoms with Crippen molar-refractivity contribution in [1.29, 1.82) is 0 Å². The van der Waals surface area contributed by atoms with Crippen LogP contribution in [0.15, 0.2) is 103 Å². The summed E-state index contributed by atoms with van der Waals surface area (Å²) in [4.78, 5) is 25.0. The summed E-state index contributed by atoms with van der Waals surface area (Å²) in [6.45, 7) is 3.27. The number of unbranched alkanes of at least 4 members (excludes halogenated alkanes) is 5. The molecule has 0 heterocycles. The molecule has 5 nitrogen and oxygen atoms in total. The molecule has 4 aromatic rings. The van der Waals surface area contributed by atoms with Gasteiger partial charge in [0, 0.05) is 6.42 Å². The number of rotatable bonds is 15. The molecule has 0 aliphatic carbocycles. The van der Waals surface area contributed by atoms with E-state index in [1.165, 1.54) is 32.1 Å². The molecule has 41 heavy (non-hydrogen) atoms. The number of carbonyl (C=O) groups is 2. The normalized spacial score (nSPS) is 10.7. The van der Waals surface area contributed by atoms with Gasteiger partial charge in [-0.2, -0.15) is 0 Å². The molecule has 0 saturated heterocycles. The molecule has 0 fully saturated rings. The predicted molar refractivity (Wildman–Crippen MR) is 163 cm³/mol. The second kappa shape index (κ2) is 16.0. The SMILES string of the molecule is CCCCCCCCOc1ccc(-c2ccc(C(=O)Oc3ccc(C(=O)OCCc4ccccc4)cc3)cc2)cc1. The van der Waals surface area contributed by atoms with E-state index in [4.69, 9.17) is 14.2 Å². The Morgan fingerprint density at radius 2 is 1.12 bits per heavy atom. The first-order valence-electron chi connectivity index (χ1n) is 14.5. The van der Waals surface area contributed by atoms with Crippen molar-refractivity contribution in [2.24, 2.45) is 0 Å². The minimum absolute atomic E-state index is 0.298. The zero-order chi connectivity index (χ0) is 28.7. The molecule has 212 valence electrons. The van der Waals surface area contributed by atoms with Gasteiger partial charge in [0.15, 0.2) is 0 Å². The van der Waals surface area contributed by atoms with Crippen molar-refractivity contribution >= 4 is 11.9 Å². The lowest BCUT2D eigenvalue weighted by Gasteiger charge is -2.09. The van der Waals surface area contributed by atoms with Gasteiger partial charge in [0.05, 0.1) is 24.3 Å². The molecule has 0 atom stereocenters. The lowest BCUT2D eigenvalue weighted by atomic mass is 10.0. The zero-order valence-electron chi connectivity index (χ0n) is 23.7. The summed E-state index contributed by atoms with van der Waals surface area (Å²) in [6, 6.07) is 31.5. The van der Waals surface area contributed by atoms with Crippen LogP contribution < -0.4 is 9.47 Å². The Balaban J connectivity index is 1.21. The maximum atomic E-state index is 12.7. The quantitative estimate of drug-likeness (QED) is 0.0841. The third-order valence-electron chi connectivity index (χ3n) is 6.84. The Morgan fingerprint density at radius 3 is 1.80 bits per heavy atom. The Hall–Kier alpha value is -4.38. The Labute approximate surface area is 243 Å². The Bertz CT molecular complexity index is 1340. The fourth-order valence-corrected chi connectivity index (χ4v) is 4.43. The van der Waals surface area contributed by atoms with Crippen LogP contribution in [0.1, 0.15) is 71.7 Å². The number of ether oxygens (including phenoxy) is 3. The average Bonchev–Trinajstić information content (AvgIpc) is 3.02. The van der Waals surface area contributed by atoms with Gasteiger partial charge in [-0.3, -0.25) is 0 Å². The first-order valence-corrected chi connectivity index (χ1v) is 14.5. The highest BCUT2D eigenvalue weighted by atomic mass is 16.5. The third-order valence-corrected chi connectivity index (χ3v) is 6.84. The summed E-state index contributed by atoms with van der Waals surface area (Å²) >= 11 is 0.